The van der Waals surface area contributed by atoms with Gasteiger partial charge in [0.2, 0.25) is 0 Å². The molecule has 0 heterocycles. The molecule has 0 radical (unpaired) electrons. The van der Waals surface area contributed by atoms with E-state index in [9.17, 15) is 0 Å². The summed E-state index contributed by atoms with van der Waals surface area (Å²) in [5, 5.41) is 0. The summed E-state index contributed by atoms with van der Waals surface area (Å²) in [4.78, 5) is 0. The summed E-state index contributed by atoms with van der Waals surface area (Å²) in [5.74, 6) is 2.43. The summed E-state index contributed by atoms with van der Waals surface area (Å²) in [6, 6.07) is 0. The van der Waals surface area contributed by atoms with E-state index in [-0.39, 0.29) is 5.41 Å². The molecule has 1 aliphatic rings. The Morgan fingerprint density at radius 2 is 2.50 bits per heavy atom. The van der Waals surface area contributed by atoms with Crippen molar-refractivity contribution in [2.75, 3.05) is 13.2 Å². The van der Waals surface area contributed by atoms with Gasteiger partial charge in [-0.1, -0.05) is 25.0 Å². The van der Waals surface area contributed by atoms with Crippen LogP contribution in [-0.2, 0) is 4.74 Å². The third-order valence-corrected chi connectivity index (χ3v) is 1.94. The predicted octanol–water partition coefficient (Wildman–Crippen LogP) is 1.60. The van der Waals surface area contributed by atoms with Crippen molar-refractivity contribution < 1.29 is 4.74 Å². The molecule has 1 atom stereocenters. The molecule has 0 aromatic rings. The molecule has 1 saturated carbocycles. The van der Waals surface area contributed by atoms with Gasteiger partial charge in [-0.15, -0.1) is 6.42 Å². The molecule has 1 fully saturated rings. The Morgan fingerprint density at radius 1 is 1.90 bits per heavy atom. The zero-order valence-electron chi connectivity index (χ0n) is 6.31. The van der Waals surface area contributed by atoms with Gasteiger partial charge in [0, 0.05) is 5.41 Å². The van der Waals surface area contributed by atoms with Crippen molar-refractivity contribution in [2.24, 2.45) is 5.41 Å². The third kappa shape index (κ3) is 1.40. The highest BCUT2D eigenvalue weighted by atomic mass is 16.5. The lowest BCUT2D eigenvalue weighted by Gasteiger charge is -2.05. The van der Waals surface area contributed by atoms with E-state index in [0.29, 0.717) is 6.61 Å². The molecule has 0 spiro atoms. The minimum atomic E-state index is 0.247. The van der Waals surface area contributed by atoms with Crippen LogP contribution in [0.2, 0.25) is 0 Å². The minimum absolute atomic E-state index is 0.247. The van der Waals surface area contributed by atoms with Crippen LogP contribution in [-0.4, -0.2) is 13.2 Å². The second-order valence-electron chi connectivity index (χ2n) is 3.04. The Bertz CT molecular complexity index is 187. The summed E-state index contributed by atoms with van der Waals surface area (Å²) in [7, 11) is 0. The van der Waals surface area contributed by atoms with E-state index in [2.05, 4.69) is 19.4 Å². The lowest BCUT2D eigenvalue weighted by atomic mass is 10.1. The molecule has 54 valence electrons. The number of ether oxygens (including phenoxy) is 1. The van der Waals surface area contributed by atoms with Crippen molar-refractivity contribution in [3.05, 3.63) is 12.2 Å². The van der Waals surface area contributed by atoms with Crippen LogP contribution in [0.4, 0.5) is 0 Å². The quantitative estimate of drug-likeness (QED) is 0.325. The number of terminal acetylenes is 1. The average Bonchev–Trinajstić information content (AvgIpc) is 2.42. The highest BCUT2D eigenvalue weighted by Crippen LogP contribution is 2.50. The number of hydrogen-bond donors (Lipinski definition) is 0. The van der Waals surface area contributed by atoms with Gasteiger partial charge in [0.15, 0.2) is 0 Å². The van der Waals surface area contributed by atoms with E-state index < -0.39 is 0 Å². The van der Waals surface area contributed by atoms with E-state index >= 15 is 0 Å². The van der Waals surface area contributed by atoms with Gasteiger partial charge in [-0.05, 0) is 6.42 Å². The van der Waals surface area contributed by atoms with Crippen LogP contribution < -0.4 is 0 Å². The van der Waals surface area contributed by atoms with Crippen molar-refractivity contribution in [2.45, 2.75) is 13.3 Å². The Labute approximate surface area is 62.1 Å². The molecule has 0 unspecified atom stereocenters. The standard InChI is InChI=1S/C9H12O/c1-4-5-10-7-9(3)6-8(9)2/h1H,2,5-7H2,3H3/t9-/m1/s1. The zero-order chi connectivity index (χ0) is 7.61. The third-order valence-electron chi connectivity index (χ3n) is 1.94. The van der Waals surface area contributed by atoms with Crippen molar-refractivity contribution in [3.63, 3.8) is 0 Å². The molecule has 1 heteroatoms. The summed E-state index contributed by atoms with van der Waals surface area (Å²) in [6.45, 7) is 7.16. The zero-order valence-corrected chi connectivity index (χ0v) is 6.31. The minimum Gasteiger partial charge on any atom is -0.368 e. The fraction of sp³-hybridized carbons (Fsp3) is 0.556. The maximum atomic E-state index is 5.18. The lowest BCUT2D eigenvalue weighted by molar-refractivity contribution is 0.129. The molecular weight excluding hydrogens is 124 g/mol. The van der Waals surface area contributed by atoms with Gasteiger partial charge in [-0.25, -0.2) is 0 Å². The predicted molar refractivity (Wildman–Crippen MR) is 41.5 cm³/mol. The van der Waals surface area contributed by atoms with Gasteiger partial charge in [-0.3, -0.25) is 0 Å². The summed E-state index contributed by atoms with van der Waals surface area (Å²) < 4.78 is 5.18. The molecule has 0 N–H and O–H groups in total. The first-order chi connectivity index (χ1) is 4.69. The van der Waals surface area contributed by atoms with Crippen LogP contribution in [0.1, 0.15) is 13.3 Å². The second kappa shape index (κ2) is 2.48. The molecule has 0 aromatic heterocycles. The van der Waals surface area contributed by atoms with Gasteiger partial charge < -0.3 is 4.74 Å². The fourth-order valence-electron chi connectivity index (χ4n) is 0.915. The Kier molecular flexibility index (Phi) is 1.82. The maximum Gasteiger partial charge on any atom is 0.107 e. The van der Waals surface area contributed by atoms with Crippen molar-refractivity contribution in [1.29, 1.82) is 0 Å². The molecule has 1 rings (SSSR count). The molecule has 0 saturated heterocycles. The monoisotopic (exact) mass is 136 g/mol. The van der Waals surface area contributed by atoms with Crippen LogP contribution in [0, 0.1) is 17.8 Å². The smallest absolute Gasteiger partial charge is 0.107 e. The lowest BCUT2D eigenvalue weighted by Crippen LogP contribution is -2.06. The fourth-order valence-corrected chi connectivity index (χ4v) is 0.915. The van der Waals surface area contributed by atoms with Crippen molar-refractivity contribution in [1.82, 2.24) is 0 Å². The average molecular weight is 136 g/mol. The van der Waals surface area contributed by atoms with Crippen LogP contribution >= 0.6 is 0 Å². The highest BCUT2D eigenvalue weighted by Gasteiger charge is 2.42. The highest BCUT2D eigenvalue weighted by molar-refractivity contribution is 5.27. The molecule has 0 aliphatic heterocycles. The van der Waals surface area contributed by atoms with E-state index in [4.69, 9.17) is 11.2 Å². The topological polar surface area (TPSA) is 9.23 Å². The molecule has 0 aromatic carbocycles. The van der Waals surface area contributed by atoms with Gasteiger partial charge >= 0.3 is 0 Å². The summed E-state index contributed by atoms with van der Waals surface area (Å²) in [6.07, 6.45) is 6.11. The summed E-state index contributed by atoms with van der Waals surface area (Å²) >= 11 is 0. The summed E-state index contributed by atoms with van der Waals surface area (Å²) in [5.41, 5.74) is 1.53. The van der Waals surface area contributed by atoms with Crippen molar-refractivity contribution >= 4 is 0 Å². The van der Waals surface area contributed by atoms with Crippen molar-refractivity contribution in [3.8, 4) is 12.3 Å². The Morgan fingerprint density at radius 3 is 2.90 bits per heavy atom. The largest absolute Gasteiger partial charge is 0.368 e. The van der Waals surface area contributed by atoms with Gasteiger partial charge in [0.05, 0.1) is 6.61 Å². The SMILES string of the molecule is C#CCOC[C@@]1(C)CC1=C. The van der Waals surface area contributed by atoms with E-state index in [1.807, 2.05) is 0 Å². The number of rotatable bonds is 3. The van der Waals surface area contributed by atoms with Crippen LogP contribution in [0.25, 0.3) is 0 Å². The van der Waals surface area contributed by atoms with Crippen LogP contribution in [0.5, 0.6) is 0 Å². The van der Waals surface area contributed by atoms with E-state index in [0.717, 1.165) is 13.0 Å². The first-order valence-electron chi connectivity index (χ1n) is 3.38. The molecule has 1 nitrogen and oxygen atoms in total. The normalized spacial score (nSPS) is 29.8. The Balaban J connectivity index is 2.16. The van der Waals surface area contributed by atoms with Gasteiger partial charge in [0.25, 0.3) is 0 Å². The van der Waals surface area contributed by atoms with E-state index in [1.165, 1.54) is 5.57 Å². The van der Waals surface area contributed by atoms with Crippen LogP contribution in [0.3, 0.4) is 0 Å². The number of hydrogen-bond acceptors (Lipinski definition) is 1. The first-order valence-corrected chi connectivity index (χ1v) is 3.38. The second-order valence-corrected chi connectivity index (χ2v) is 3.04. The van der Waals surface area contributed by atoms with E-state index in [1.54, 1.807) is 0 Å². The molecule has 10 heavy (non-hydrogen) atoms. The molecule has 0 amide bonds. The molecule has 0 bridgehead atoms. The molecular formula is C9H12O. The van der Waals surface area contributed by atoms with Crippen LogP contribution in [0.15, 0.2) is 12.2 Å². The Hall–Kier alpha value is -0.740. The molecule has 1 aliphatic carbocycles. The first kappa shape index (κ1) is 7.37. The van der Waals surface area contributed by atoms with Gasteiger partial charge in [0.1, 0.15) is 6.61 Å². The van der Waals surface area contributed by atoms with Gasteiger partial charge in [-0.2, -0.15) is 0 Å². The maximum absolute atomic E-state index is 5.18.